The molecule has 0 unspecified atom stereocenters. The molecule has 0 saturated carbocycles. The van der Waals surface area contributed by atoms with Crippen LogP contribution in [-0.2, 0) is 20.6 Å². The molecule has 0 radical (unpaired) electrons. The molecule has 0 heterocycles. The van der Waals surface area contributed by atoms with Gasteiger partial charge in [-0.1, -0.05) is 6.07 Å². The maximum absolute atomic E-state index is 11.2. The van der Waals surface area contributed by atoms with E-state index in [9.17, 15) is 27.9 Å². The van der Waals surface area contributed by atoms with Crippen LogP contribution >= 0.6 is 0 Å². The molecule has 0 aliphatic heterocycles. The standard InChI is InChI=1S/C9H9NO7S.Na/c1-17-9(11)6-2-3-7(5-18(14,15)16)8(4-6)10(12)13;/h2-4H,5H2,1H3,(H,14,15,16);/q;+1/p-1. The molecular formula is C9H8NNaO7S. The second-order valence-electron chi connectivity index (χ2n) is 3.29. The van der Waals surface area contributed by atoms with E-state index in [1.807, 2.05) is 0 Å². The molecule has 0 aliphatic rings. The van der Waals surface area contributed by atoms with Gasteiger partial charge < -0.3 is 9.29 Å². The normalized spacial score (nSPS) is 10.4. The van der Waals surface area contributed by atoms with Crippen LogP contribution in [0, 0.1) is 10.1 Å². The average molecular weight is 297 g/mol. The second kappa shape index (κ2) is 6.96. The van der Waals surface area contributed by atoms with Gasteiger partial charge in [0, 0.05) is 11.6 Å². The fraction of sp³-hybridized carbons (Fsp3) is 0.222. The number of carbonyl (C=O) groups excluding carboxylic acids is 1. The zero-order valence-corrected chi connectivity index (χ0v) is 13.0. The fourth-order valence-corrected chi connectivity index (χ4v) is 1.92. The Hall–Kier alpha value is -1.00. The van der Waals surface area contributed by atoms with E-state index in [0.29, 0.717) is 0 Å². The molecule has 0 spiro atoms. The van der Waals surface area contributed by atoms with Gasteiger partial charge in [-0.2, -0.15) is 0 Å². The first kappa shape index (κ1) is 18.0. The van der Waals surface area contributed by atoms with E-state index in [2.05, 4.69) is 4.74 Å². The number of benzene rings is 1. The molecule has 0 bridgehead atoms. The van der Waals surface area contributed by atoms with Crippen molar-refractivity contribution in [1.82, 2.24) is 0 Å². The van der Waals surface area contributed by atoms with Gasteiger partial charge in [0.25, 0.3) is 5.69 Å². The third-order valence-electron chi connectivity index (χ3n) is 2.04. The Kier molecular flexibility index (Phi) is 6.60. The third-order valence-corrected chi connectivity index (χ3v) is 2.70. The van der Waals surface area contributed by atoms with Crippen LogP contribution in [0.5, 0.6) is 0 Å². The molecule has 19 heavy (non-hydrogen) atoms. The van der Waals surface area contributed by atoms with Gasteiger partial charge >= 0.3 is 35.5 Å². The molecule has 0 aromatic heterocycles. The van der Waals surface area contributed by atoms with E-state index in [0.717, 1.165) is 25.3 Å². The molecule has 1 aromatic rings. The predicted octanol–water partition coefficient (Wildman–Crippen LogP) is -2.57. The molecule has 10 heteroatoms. The van der Waals surface area contributed by atoms with Gasteiger partial charge in [-0.15, -0.1) is 0 Å². The summed E-state index contributed by atoms with van der Waals surface area (Å²) in [5.41, 5.74) is -0.990. The summed E-state index contributed by atoms with van der Waals surface area (Å²) >= 11 is 0. The van der Waals surface area contributed by atoms with Gasteiger partial charge in [-0.25, -0.2) is 13.2 Å². The summed E-state index contributed by atoms with van der Waals surface area (Å²) in [6.07, 6.45) is 0. The van der Waals surface area contributed by atoms with Crippen LogP contribution in [-0.4, -0.2) is 31.0 Å². The van der Waals surface area contributed by atoms with Crippen LogP contribution in [0.15, 0.2) is 18.2 Å². The monoisotopic (exact) mass is 297 g/mol. The minimum Gasteiger partial charge on any atom is -0.748 e. The number of methoxy groups -OCH3 is 1. The van der Waals surface area contributed by atoms with Gasteiger partial charge in [0.05, 0.1) is 33.5 Å². The summed E-state index contributed by atoms with van der Waals surface area (Å²) in [4.78, 5) is 21.0. The van der Waals surface area contributed by atoms with Crippen LogP contribution in [0.2, 0.25) is 0 Å². The summed E-state index contributed by atoms with van der Waals surface area (Å²) in [5, 5.41) is 10.7. The van der Waals surface area contributed by atoms with E-state index >= 15 is 0 Å². The summed E-state index contributed by atoms with van der Waals surface area (Å²) in [5.74, 6) is -1.81. The molecule has 98 valence electrons. The third kappa shape index (κ3) is 5.25. The zero-order valence-electron chi connectivity index (χ0n) is 10.2. The molecule has 0 amide bonds. The molecular weight excluding hydrogens is 289 g/mol. The molecule has 0 aliphatic carbocycles. The Labute approximate surface area is 130 Å². The summed E-state index contributed by atoms with van der Waals surface area (Å²) in [6, 6.07) is 3.06. The number of rotatable bonds is 4. The Morgan fingerprint density at radius 1 is 1.42 bits per heavy atom. The van der Waals surface area contributed by atoms with Crippen molar-refractivity contribution in [2.45, 2.75) is 5.75 Å². The Morgan fingerprint density at radius 3 is 2.42 bits per heavy atom. The van der Waals surface area contributed by atoms with E-state index in [4.69, 9.17) is 0 Å². The molecule has 0 atom stereocenters. The van der Waals surface area contributed by atoms with E-state index in [1.54, 1.807) is 0 Å². The number of esters is 1. The summed E-state index contributed by atoms with van der Waals surface area (Å²) in [6.45, 7) is 0. The van der Waals surface area contributed by atoms with Crippen molar-refractivity contribution >= 4 is 21.8 Å². The Bertz CT molecular complexity index is 599. The van der Waals surface area contributed by atoms with Crippen molar-refractivity contribution in [2.24, 2.45) is 0 Å². The van der Waals surface area contributed by atoms with Crippen molar-refractivity contribution in [3.8, 4) is 0 Å². The maximum atomic E-state index is 11.2. The molecule has 0 saturated heterocycles. The van der Waals surface area contributed by atoms with Crippen LogP contribution in [0.25, 0.3) is 0 Å². The average Bonchev–Trinajstić information content (AvgIpc) is 2.26. The first-order valence-electron chi connectivity index (χ1n) is 4.54. The summed E-state index contributed by atoms with van der Waals surface area (Å²) < 4.78 is 36.1. The van der Waals surface area contributed by atoms with Crippen LogP contribution in [0.4, 0.5) is 5.69 Å². The van der Waals surface area contributed by atoms with Crippen LogP contribution in [0.3, 0.4) is 0 Å². The molecule has 8 nitrogen and oxygen atoms in total. The topological polar surface area (TPSA) is 127 Å². The van der Waals surface area contributed by atoms with Gasteiger partial charge in [-0.05, 0) is 6.07 Å². The van der Waals surface area contributed by atoms with Gasteiger partial charge in [0.2, 0.25) is 0 Å². The van der Waals surface area contributed by atoms with Crippen molar-refractivity contribution in [3.63, 3.8) is 0 Å². The quantitative estimate of drug-likeness (QED) is 0.196. The number of hydrogen-bond acceptors (Lipinski definition) is 7. The minimum absolute atomic E-state index is 0. The number of ether oxygens (including phenoxy) is 1. The van der Waals surface area contributed by atoms with Crippen LogP contribution in [0.1, 0.15) is 15.9 Å². The number of nitro groups is 1. The summed E-state index contributed by atoms with van der Waals surface area (Å²) in [7, 11) is -3.54. The smallest absolute Gasteiger partial charge is 0.748 e. The van der Waals surface area contributed by atoms with Gasteiger partial charge in [-0.3, -0.25) is 10.1 Å². The fourth-order valence-electron chi connectivity index (χ4n) is 1.29. The van der Waals surface area contributed by atoms with Crippen molar-refractivity contribution < 1.29 is 57.0 Å². The number of hydrogen-bond donors (Lipinski definition) is 0. The minimum atomic E-state index is -4.64. The SMILES string of the molecule is COC(=O)c1ccc(CS(=O)(=O)[O-])c([N+](=O)[O-])c1.[Na+]. The second-order valence-corrected chi connectivity index (χ2v) is 4.70. The van der Waals surface area contributed by atoms with Crippen LogP contribution < -0.4 is 29.6 Å². The van der Waals surface area contributed by atoms with Gasteiger partial charge in [0.1, 0.15) is 0 Å². The van der Waals surface area contributed by atoms with Gasteiger partial charge in [0.15, 0.2) is 0 Å². The predicted molar refractivity (Wildman–Crippen MR) is 57.8 cm³/mol. The van der Waals surface area contributed by atoms with Crippen molar-refractivity contribution in [2.75, 3.05) is 7.11 Å². The first-order valence-corrected chi connectivity index (χ1v) is 6.11. The van der Waals surface area contributed by atoms with E-state index < -0.39 is 32.5 Å². The molecule has 0 fully saturated rings. The Morgan fingerprint density at radius 2 is 2.00 bits per heavy atom. The molecule has 1 aromatic carbocycles. The number of nitro benzene ring substituents is 1. The molecule has 0 N–H and O–H groups in total. The zero-order chi connectivity index (χ0) is 13.9. The number of carbonyl (C=O) groups is 1. The maximum Gasteiger partial charge on any atom is 1.00 e. The molecule has 1 rings (SSSR count). The van der Waals surface area contributed by atoms with E-state index in [1.165, 1.54) is 0 Å². The van der Waals surface area contributed by atoms with Crippen molar-refractivity contribution in [3.05, 3.63) is 39.4 Å². The van der Waals surface area contributed by atoms with E-state index in [-0.39, 0.29) is 40.7 Å². The van der Waals surface area contributed by atoms with Crippen molar-refractivity contribution in [1.29, 1.82) is 0 Å². The number of nitrogens with zero attached hydrogens (tertiary/aromatic N) is 1. The first-order chi connectivity index (χ1) is 8.24. The largest absolute Gasteiger partial charge is 1.00 e. The Balaban J connectivity index is 0.00000324.